The van der Waals surface area contributed by atoms with Crippen LogP contribution < -0.4 is 0 Å². The lowest BCUT2D eigenvalue weighted by Crippen LogP contribution is -2.45. The molecule has 2 aliphatic rings. The third-order valence-corrected chi connectivity index (χ3v) is 4.85. The number of nitrogens with zero attached hydrogens (tertiary/aromatic N) is 2. The molecule has 0 aliphatic carbocycles. The monoisotopic (exact) mass is 340 g/mol. The SMILES string of the molecule is O[C@@H]1CCOC[C@H]1[C@@H]1CCCN1Cc1cncc(Br)c1. The maximum absolute atomic E-state index is 10.2. The summed E-state index contributed by atoms with van der Waals surface area (Å²) in [5.74, 6) is 0.256. The Balaban J connectivity index is 1.69. The Kier molecular flexibility index (Phi) is 4.71. The summed E-state index contributed by atoms with van der Waals surface area (Å²) in [7, 11) is 0. The van der Waals surface area contributed by atoms with Crippen molar-refractivity contribution in [3.8, 4) is 0 Å². The molecule has 2 saturated heterocycles. The summed E-state index contributed by atoms with van der Waals surface area (Å²) in [5.41, 5.74) is 1.22. The molecule has 5 heteroatoms. The highest BCUT2D eigenvalue weighted by Crippen LogP contribution is 2.31. The molecule has 3 rings (SSSR count). The molecule has 1 aromatic rings. The van der Waals surface area contributed by atoms with Gasteiger partial charge in [-0.2, -0.15) is 0 Å². The standard InChI is InChI=1S/C15H21BrN2O2/c16-12-6-11(7-17-8-12)9-18-4-1-2-14(18)13-10-20-5-3-15(13)19/h6-8,13-15,19H,1-5,9-10H2/t13-,14-,15+/m0/s1. The molecule has 0 spiro atoms. The summed E-state index contributed by atoms with van der Waals surface area (Å²) in [6.07, 6.45) is 6.65. The third kappa shape index (κ3) is 3.22. The third-order valence-electron chi connectivity index (χ3n) is 4.42. The first-order chi connectivity index (χ1) is 9.74. The molecule has 1 aromatic heterocycles. The van der Waals surface area contributed by atoms with Crippen molar-refractivity contribution < 1.29 is 9.84 Å². The number of hydrogen-bond donors (Lipinski definition) is 1. The van der Waals surface area contributed by atoms with Gasteiger partial charge in [-0.25, -0.2) is 0 Å². The highest BCUT2D eigenvalue weighted by Gasteiger charge is 2.37. The Labute approximate surface area is 128 Å². The second kappa shape index (κ2) is 6.52. The van der Waals surface area contributed by atoms with Crippen LogP contribution in [0.2, 0.25) is 0 Å². The molecule has 20 heavy (non-hydrogen) atoms. The molecule has 4 nitrogen and oxygen atoms in total. The number of ether oxygens (including phenoxy) is 1. The van der Waals surface area contributed by atoms with Gasteiger partial charge in [-0.1, -0.05) is 0 Å². The molecule has 3 heterocycles. The Morgan fingerprint density at radius 3 is 3.10 bits per heavy atom. The number of pyridine rings is 1. The molecule has 0 radical (unpaired) electrons. The Hall–Kier alpha value is -0.490. The summed E-state index contributed by atoms with van der Waals surface area (Å²) in [4.78, 5) is 6.71. The lowest BCUT2D eigenvalue weighted by Gasteiger charge is -2.37. The lowest BCUT2D eigenvalue weighted by atomic mass is 9.89. The van der Waals surface area contributed by atoms with E-state index in [1.807, 2.05) is 12.4 Å². The van der Waals surface area contributed by atoms with E-state index in [4.69, 9.17) is 4.74 Å². The van der Waals surface area contributed by atoms with Gasteiger partial charge in [0.2, 0.25) is 0 Å². The largest absolute Gasteiger partial charge is 0.393 e. The molecule has 0 bridgehead atoms. The smallest absolute Gasteiger partial charge is 0.0627 e. The van der Waals surface area contributed by atoms with E-state index in [0.29, 0.717) is 19.3 Å². The summed E-state index contributed by atoms with van der Waals surface area (Å²) in [5, 5.41) is 10.2. The van der Waals surface area contributed by atoms with E-state index in [-0.39, 0.29) is 12.0 Å². The van der Waals surface area contributed by atoms with Crippen molar-refractivity contribution in [3.63, 3.8) is 0 Å². The number of aliphatic hydroxyl groups is 1. The van der Waals surface area contributed by atoms with E-state index in [9.17, 15) is 5.11 Å². The minimum Gasteiger partial charge on any atom is -0.393 e. The lowest BCUT2D eigenvalue weighted by molar-refractivity contribution is -0.0636. The van der Waals surface area contributed by atoms with Crippen molar-refractivity contribution in [2.24, 2.45) is 5.92 Å². The van der Waals surface area contributed by atoms with Gasteiger partial charge in [0.25, 0.3) is 0 Å². The first-order valence-electron chi connectivity index (χ1n) is 7.33. The Morgan fingerprint density at radius 2 is 2.30 bits per heavy atom. The fourth-order valence-corrected chi connectivity index (χ4v) is 3.84. The van der Waals surface area contributed by atoms with Crippen molar-refractivity contribution in [1.82, 2.24) is 9.88 Å². The maximum Gasteiger partial charge on any atom is 0.0627 e. The number of halogens is 1. The first-order valence-corrected chi connectivity index (χ1v) is 8.12. The van der Waals surface area contributed by atoms with Crippen LogP contribution >= 0.6 is 15.9 Å². The van der Waals surface area contributed by atoms with Crippen molar-refractivity contribution in [3.05, 3.63) is 28.5 Å². The summed E-state index contributed by atoms with van der Waals surface area (Å²) in [6.45, 7) is 3.39. The van der Waals surface area contributed by atoms with Gasteiger partial charge in [-0.15, -0.1) is 0 Å². The van der Waals surface area contributed by atoms with E-state index in [1.165, 1.54) is 12.0 Å². The van der Waals surface area contributed by atoms with Gasteiger partial charge in [0.1, 0.15) is 0 Å². The summed E-state index contributed by atoms with van der Waals surface area (Å²) < 4.78 is 6.60. The van der Waals surface area contributed by atoms with Crippen LogP contribution in [0.5, 0.6) is 0 Å². The van der Waals surface area contributed by atoms with Crippen molar-refractivity contribution >= 4 is 15.9 Å². The second-order valence-electron chi connectivity index (χ2n) is 5.79. The molecule has 0 unspecified atom stereocenters. The van der Waals surface area contributed by atoms with Crippen LogP contribution in [0.15, 0.2) is 22.9 Å². The van der Waals surface area contributed by atoms with Crippen LogP contribution in [0.4, 0.5) is 0 Å². The Morgan fingerprint density at radius 1 is 1.40 bits per heavy atom. The van der Waals surface area contributed by atoms with E-state index < -0.39 is 0 Å². The van der Waals surface area contributed by atoms with Crippen molar-refractivity contribution in [2.75, 3.05) is 19.8 Å². The van der Waals surface area contributed by atoms with Crippen molar-refractivity contribution in [1.29, 1.82) is 0 Å². The van der Waals surface area contributed by atoms with Gasteiger partial charge in [0.05, 0.1) is 12.7 Å². The molecular formula is C15H21BrN2O2. The molecular weight excluding hydrogens is 320 g/mol. The zero-order valence-corrected chi connectivity index (χ0v) is 13.1. The van der Waals surface area contributed by atoms with Gasteiger partial charge in [0, 0.05) is 42.0 Å². The van der Waals surface area contributed by atoms with E-state index in [0.717, 1.165) is 30.4 Å². The molecule has 0 saturated carbocycles. The van der Waals surface area contributed by atoms with Crippen LogP contribution in [-0.2, 0) is 11.3 Å². The number of aliphatic hydroxyl groups excluding tert-OH is 1. The van der Waals surface area contributed by atoms with Crippen LogP contribution in [0.25, 0.3) is 0 Å². The van der Waals surface area contributed by atoms with Gasteiger partial charge in [-0.05, 0) is 53.4 Å². The zero-order valence-electron chi connectivity index (χ0n) is 11.5. The number of aromatic nitrogens is 1. The normalized spacial score (nSPS) is 31.6. The highest BCUT2D eigenvalue weighted by atomic mass is 79.9. The topological polar surface area (TPSA) is 45.6 Å². The van der Waals surface area contributed by atoms with Gasteiger partial charge >= 0.3 is 0 Å². The number of rotatable bonds is 3. The molecule has 0 amide bonds. The van der Waals surface area contributed by atoms with Crippen LogP contribution in [0.1, 0.15) is 24.8 Å². The van der Waals surface area contributed by atoms with Crippen LogP contribution in [-0.4, -0.2) is 46.9 Å². The molecule has 110 valence electrons. The molecule has 1 N–H and O–H groups in total. The highest BCUT2D eigenvalue weighted by molar-refractivity contribution is 9.10. The Bertz CT molecular complexity index is 457. The predicted octanol–water partition coefficient (Wildman–Crippen LogP) is 2.21. The van der Waals surface area contributed by atoms with Crippen molar-refractivity contribution in [2.45, 2.75) is 38.0 Å². The molecule has 3 atom stereocenters. The molecule has 0 aromatic carbocycles. The average Bonchev–Trinajstić information content (AvgIpc) is 2.87. The molecule has 2 fully saturated rings. The fraction of sp³-hybridized carbons (Fsp3) is 0.667. The predicted molar refractivity (Wildman–Crippen MR) is 80.3 cm³/mol. The quantitative estimate of drug-likeness (QED) is 0.916. The summed E-state index contributed by atoms with van der Waals surface area (Å²) in [6, 6.07) is 2.56. The minimum atomic E-state index is -0.213. The maximum atomic E-state index is 10.2. The second-order valence-corrected chi connectivity index (χ2v) is 6.70. The summed E-state index contributed by atoms with van der Waals surface area (Å²) >= 11 is 3.47. The van der Waals surface area contributed by atoms with Gasteiger partial charge in [0.15, 0.2) is 0 Å². The minimum absolute atomic E-state index is 0.213. The van der Waals surface area contributed by atoms with Crippen LogP contribution in [0.3, 0.4) is 0 Å². The number of hydrogen-bond acceptors (Lipinski definition) is 4. The van der Waals surface area contributed by atoms with Crippen LogP contribution in [0, 0.1) is 5.92 Å². The van der Waals surface area contributed by atoms with E-state index >= 15 is 0 Å². The van der Waals surface area contributed by atoms with E-state index in [1.54, 1.807) is 0 Å². The van der Waals surface area contributed by atoms with E-state index in [2.05, 4.69) is 31.9 Å². The zero-order chi connectivity index (χ0) is 13.9. The first kappa shape index (κ1) is 14.4. The number of likely N-dealkylation sites (tertiary alicyclic amines) is 1. The molecule has 2 aliphatic heterocycles. The fourth-order valence-electron chi connectivity index (χ4n) is 3.43. The average molecular weight is 341 g/mol. The van der Waals surface area contributed by atoms with Gasteiger partial charge < -0.3 is 9.84 Å². The van der Waals surface area contributed by atoms with Gasteiger partial charge in [-0.3, -0.25) is 9.88 Å².